The zero-order chi connectivity index (χ0) is 22.5. The fourth-order valence-electron chi connectivity index (χ4n) is 4.10. The molecule has 0 saturated heterocycles. The third-order valence-electron chi connectivity index (χ3n) is 5.90. The van der Waals surface area contributed by atoms with E-state index in [1.807, 2.05) is 13.0 Å². The lowest BCUT2D eigenvalue weighted by molar-refractivity contribution is 0.0782. The van der Waals surface area contributed by atoms with Gasteiger partial charge in [0.25, 0.3) is 5.92 Å². The molecule has 4 aromatic heterocycles. The van der Waals surface area contributed by atoms with Gasteiger partial charge in [-0.25, -0.2) is 18.3 Å². The predicted octanol–water partition coefficient (Wildman–Crippen LogP) is 2.42. The average molecular weight is 443 g/mol. The largest absolute Gasteiger partial charge is 0.394 e. The van der Waals surface area contributed by atoms with Gasteiger partial charge in [0, 0.05) is 29.9 Å². The minimum atomic E-state index is -2.62. The summed E-state index contributed by atoms with van der Waals surface area (Å²) < 4.78 is 32.2. The van der Waals surface area contributed by atoms with Crippen LogP contribution in [0.15, 0.2) is 43.2 Å². The van der Waals surface area contributed by atoms with Crippen LogP contribution in [0.3, 0.4) is 0 Å². The molecule has 32 heavy (non-hydrogen) atoms. The Balaban J connectivity index is 1.50. The van der Waals surface area contributed by atoms with Gasteiger partial charge in [0.2, 0.25) is 0 Å². The van der Waals surface area contributed by atoms with E-state index in [1.165, 1.54) is 4.68 Å². The first-order valence-electron chi connectivity index (χ1n) is 10.5. The Bertz CT molecular complexity index is 1250. The van der Waals surface area contributed by atoms with Gasteiger partial charge in [-0.1, -0.05) is 6.92 Å². The maximum Gasteiger partial charge on any atom is 0.253 e. The molecule has 0 aromatic carbocycles. The van der Waals surface area contributed by atoms with Crippen molar-refractivity contribution >= 4 is 5.52 Å². The third-order valence-corrected chi connectivity index (χ3v) is 5.90. The van der Waals surface area contributed by atoms with E-state index in [-0.39, 0.29) is 25.6 Å². The Morgan fingerprint density at radius 1 is 1.16 bits per heavy atom. The highest BCUT2D eigenvalue weighted by Gasteiger charge is 2.60. The molecule has 1 saturated carbocycles. The Morgan fingerprint density at radius 3 is 2.66 bits per heavy atom. The van der Waals surface area contributed by atoms with E-state index < -0.39 is 17.9 Å². The number of halogens is 2. The summed E-state index contributed by atoms with van der Waals surface area (Å²) in [5.41, 5.74) is 3.43. The molecule has 168 valence electrons. The quantitative estimate of drug-likeness (QED) is 0.433. The van der Waals surface area contributed by atoms with Crippen LogP contribution in [0, 0.1) is 5.92 Å². The number of aliphatic hydroxyl groups is 2. The highest BCUT2D eigenvalue weighted by Crippen LogP contribution is 2.55. The SMILES string of the molecule is CCC([C@@H]1CC1(F)F)n1cc(-c2nc(-c3cnn(CC(O)CO)c3)cn3nccc23)cn1. The molecule has 0 amide bonds. The van der Waals surface area contributed by atoms with Crippen LogP contribution >= 0.6 is 0 Å². The maximum absolute atomic E-state index is 13.7. The van der Waals surface area contributed by atoms with Crippen molar-refractivity contribution in [2.45, 2.75) is 44.4 Å². The minimum Gasteiger partial charge on any atom is -0.394 e. The molecule has 5 rings (SSSR count). The van der Waals surface area contributed by atoms with Crippen LogP contribution in [0.2, 0.25) is 0 Å². The molecule has 2 N–H and O–H groups in total. The molecule has 0 spiro atoms. The normalized spacial score (nSPS) is 19.3. The predicted molar refractivity (Wildman–Crippen MR) is 111 cm³/mol. The molecule has 2 unspecified atom stereocenters. The first-order valence-corrected chi connectivity index (χ1v) is 10.5. The van der Waals surface area contributed by atoms with Crippen molar-refractivity contribution in [2.24, 2.45) is 5.92 Å². The van der Waals surface area contributed by atoms with Crippen molar-refractivity contribution in [2.75, 3.05) is 6.61 Å². The molecule has 1 fully saturated rings. The Labute approximate surface area is 181 Å². The van der Waals surface area contributed by atoms with Crippen LogP contribution in [-0.2, 0) is 6.54 Å². The second-order valence-corrected chi connectivity index (χ2v) is 8.18. The fraction of sp³-hybridized carbons (Fsp3) is 0.429. The molecule has 1 aliphatic rings. The van der Waals surface area contributed by atoms with E-state index in [1.54, 1.807) is 46.4 Å². The second kappa shape index (κ2) is 7.75. The van der Waals surface area contributed by atoms with Crippen LogP contribution in [0.5, 0.6) is 0 Å². The topological polar surface area (TPSA) is 106 Å². The van der Waals surface area contributed by atoms with Gasteiger partial charge in [-0.15, -0.1) is 0 Å². The van der Waals surface area contributed by atoms with Gasteiger partial charge in [-0.3, -0.25) is 9.36 Å². The van der Waals surface area contributed by atoms with Crippen molar-refractivity contribution in [3.05, 3.63) is 43.2 Å². The summed E-state index contributed by atoms with van der Waals surface area (Å²) in [4.78, 5) is 4.79. The second-order valence-electron chi connectivity index (χ2n) is 8.18. The van der Waals surface area contributed by atoms with Crippen LogP contribution in [0.25, 0.3) is 28.0 Å². The van der Waals surface area contributed by atoms with Gasteiger partial charge in [0.1, 0.15) is 0 Å². The Kier molecular flexibility index (Phi) is 5.01. The molecule has 4 aromatic rings. The number of fused-ring (bicyclic) bond motifs is 1. The zero-order valence-electron chi connectivity index (χ0n) is 17.4. The lowest BCUT2D eigenvalue weighted by atomic mass is 10.1. The zero-order valence-corrected chi connectivity index (χ0v) is 17.4. The molecular weight excluding hydrogens is 420 g/mol. The van der Waals surface area contributed by atoms with Crippen molar-refractivity contribution in [3.8, 4) is 22.5 Å². The highest BCUT2D eigenvalue weighted by molar-refractivity contribution is 5.78. The number of nitrogens with zero attached hydrogens (tertiary/aromatic N) is 7. The molecule has 1 aliphatic carbocycles. The minimum absolute atomic E-state index is 0.101. The lowest BCUT2D eigenvalue weighted by Gasteiger charge is -2.14. The van der Waals surface area contributed by atoms with Crippen LogP contribution in [0.4, 0.5) is 8.78 Å². The Hall–Kier alpha value is -3.18. The third kappa shape index (κ3) is 3.67. The first-order chi connectivity index (χ1) is 15.4. The summed E-state index contributed by atoms with van der Waals surface area (Å²) in [5, 5.41) is 31.6. The van der Waals surface area contributed by atoms with Gasteiger partial charge < -0.3 is 10.2 Å². The molecule has 0 bridgehead atoms. The van der Waals surface area contributed by atoms with Crippen molar-refractivity contribution in [3.63, 3.8) is 0 Å². The average Bonchev–Trinajstić information content (AvgIpc) is 3.30. The van der Waals surface area contributed by atoms with Crippen molar-refractivity contribution in [1.29, 1.82) is 0 Å². The molecule has 11 heteroatoms. The maximum atomic E-state index is 13.7. The fourth-order valence-corrected chi connectivity index (χ4v) is 4.10. The molecule has 0 aliphatic heterocycles. The molecule has 4 heterocycles. The van der Waals surface area contributed by atoms with Crippen LogP contribution in [-0.4, -0.2) is 63.0 Å². The standard InChI is InChI=1S/C21H23F2N7O2/c1-2-18(16-5-21(16,22)23)29-9-14(7-26-29)20-19-3-4-24-30(19)11-17(27-20)13-6-25-28(8-13)10-15(32)12-31/h3-4,6-9,11,15-16,18,31-32H,2,5,10,12H2,1H3/t15?,16-,18?/m0/s1. The van der Waals surface area contributed by atoms with Crippen molar-refractivity contribution in [1.82, 2.24) is 34.2 Å². The van der Waals surface area contributed by atoms with Crippen LogP contribution in [0.1, 0.15) is 25.8 Å². The number of alkyl halides is 2. The summed E-state index contributed by atoms with van der Waals surface area (Å²) in [6.45, 7) is 1.69. The van der Waals surface area contributed by atoms with E-state index in [0.717, 1.165) is 5.52 Å². The molecule has 9 nitrogen and oxygen atoms in total. The van der Waals surface area contributed by atoms with E-state index in [2.05, 4.69) is 15.3 Å². The molecule has 0 radical (unpaired) electrons. The summed E-state index contributed by atoms with van der Waals surface area (Å²) in [7, 11) is 0. The smallest absolute Gasteiger partial charge is 0.253 e. The van der Waals surface area contributed by atoms with E-state index in [9.17, 15) is 13.9 Å². The number of hydrogen-bond acceptors (Lipinski definition) is 6. The van der Waals surface area contributed by atoms with Gasteiger partial charge in [-0.05, 0) is 12.5 Å². The van der Waals surface area contributed by atoms with Gasteiger partial charge in [0.15, 0.2) is 0 Å². The monoisotopic (exact) mass is 443 g/mol. The summed E-state index contributed by atoms with van der Waals surface area (Å²) in [6, 6.07) is 1.47. The summed E-state index contributed by atoms with van der Waals surface area (Å²) in [6.07, 6.45) is 9.75. The summed E-state index contributed by atoms with van der Waals surface area (Å²) >= 11 is 0. The van der Waals surface area contributed by atoms with E-state index in [4.69, 9.17) is 10.1 Å². The van der Waals surface area contributed by atoms with Gasteiger partial charge >= 0.3 is 0 Å². The van der Waals surface area contributed by atoms with Gasteiger partial charge in [-0.2, -0.15) is 15.3 Å². The molecular formula is C21H23F2N7O2. The van der Waals surface area contributed by atoms with Crippen molar-refractivity contribution < 1.29 is 19.0 Å². The number of hydrogen-bond donors (Lipinski definition) is 2. The summed E-state index contributed by atoms with van der Waals surface area (Å²) in [5.74, 6) is -3.30. The van der Waals surface area contributed by atoms with Gasteiger partial charge in [0.05, 0.1) is 72.9 Å². The highest BCUT2D eigenvalue weighted by atomic mass is 19.3. The number of aliphatic hydroxyl groups excluding tert-OH is 2. The van der Waals surface area contributed by atoms with E-state index >= 15 is 0 Å². The van der Waals surface area contributed by atoms with Crippen LogP contribution < -0.4 is 0 Å². The Morgan fingerprint density at radius 2 is 1.94 bits per heavy atom. The lowest BCUT2D eigenvalue weighted by Crippen LogP contribution is -2.19. The first kappa shape index (κ1) is 20.7. The number of aromatic nitrogens is 7. The van der Waals surface area contributed by atoms with E-state index in [0.29, 0.717) is 28.9 Å². The molecule has 3 atom stereocenters. The number of rotatable bonds is 8.